The van der Waals surface area contributed by atoms with Gasteiger partial charge in [0.1, 0.15) is 0 Å². The Morgan fingerprint density at radius 1 is 1.31 bits per heavy atom. The van der Waals surface area contributed by atoms with Gasteiger partial charge in [0, 0.05) is 11.9 Å². The maximum Gasteiger partial charge on any atom is 0.168 e. The molecule has 0 bridgehead atoms. The lowest BCUT2D eigenvalue weighted by Gasteiger charge is -2.06. The number of para-hydroxylation sites is 2. The molecule has 2 nitrogen and oxygen atoms in total. The number of nitrogens with zero attached hydrogens (tertiary/aromatic N) is 2. The molecule has 4 heteroatoms. The van der Waals surface area contributed by atoms with Gasteiger partial charge in [0.25, 0.3) is 0 Å². The van der Waals surface area contributed by atoms with Gasteiger partial charge in [-0.1, -0.05) is 39.8 Å². The number of thioether (sulfide) groups is 1. The van der Waals surface area contributed by atoms with Gasteiger partial charge in [0.2, 0.25) is 0 Å². The summed E-state index contributed by atoms with van der Waals surface area (Å²) in [6, 6.07) is 8.35. The summed E-state index contributed by atoms with van der Waals surface area (Å²) in [6.07, 6.45) is 4.49. The molecule has 0 aliphatic heterocycles. The third-order valence-electron chi connectivity index (χ3n) is 2.57. The average molecular weight is 299 g/mol. The first-order chi connectivity index (χ1) is 7.86. The van der Waals surface area contributed by atoms with Crippen LogP contribution < -0.4 is 0 Å². The molecule has 0 saturated carbocycles. The summed E-state index contributed by atoms with van der Waals surface area (Å²) in [5, 5.41) is 2.20. The van der Waals surface area contributed by atoms with Gasteiger partial charge in [-0.3, -0.25) is 0 Å². The van der Waals surface area contributed by atoms with Crippen molar-refractivity contribution in [2.24, 2.45) is 0 Å². The third-order valence-corrected chi connectivity index (χ3v) is 3.81. The zero-order chi connectivity index (χ0) is 11.4. The van der Waals surface area contributed by atoms with E-state index < -0.39 is 0 Å². The van der Waals surface area contributed by atoms with Crippen LogP contribution >= 0.6 is 27.7 Å². The summed E-state index contributed by atoms with van der Waals surface area (Å²) in [6.45, 7) is 1.06. The number of aryl methyl sites for hydroxylation is 1. The molecule has 0 unspecified atom stereocenters. The summed E-state index contributed by atoms with van der Waals surface area (Å²) in [7, 11) is 0. The Hall–Kier alpha value is -0.480. The predicted molar refractivity (Wildman–Crippen MR) is 74.5 cm³/mol. The maximum absolute atomic E-state index is 4.62. The molecule has 1 aromatic carbocycles. The van der Waals surface area contributed by atoms with Gasteiger partial charge in [-0.25, -0.2) is 4.98 Å². The van der Waals surface area contributed by atoms with Crippen molar-refractivity contribution in [3.05, 3.63) is 24.3 Å². The molecule has 1 heterocycles. The van der Waals surface area contributed by atoms with E-state index >= 15 is 0 Å². The zero-order valence-electron chi connectivity index (χ0n) is 9.32. The number of alkyl halides is 1. The number of hydrogen-bond donors (Lipinski definition) is 0. The number of unbranched alkanes of at least 4 members (excludes halogenated alkanes) is 1. The molecule has 0 fully saturated rings. The van der Waals surface area contributed by atoms with Crippen molar-refractivity contribution in [1.29, 1.82) is 0 Å². The number of benzene rings is 1. The minimum absolute atomic E-state index is 1.06. The molecule has 0 aliphatic carbocycles. The van der Waals surface area contributed by atoms with E-state index in [-0.39, 0.29) is 0 Å². The average Bonchev–Trinajstić information content (AvgIpc) is 2.68. The standard InChI is InChI=1S/C12H15BrN2S/c1-16-12-14-10-6-2-3-7-11(10)15(12)9-5-4-8-13/h2-3,6-7H,4-5,8-9H2,1H3. The Labute approximate surface area is 109 Å². The van der Waals surface area contributed by atoms with Crippen LogP contribution in [0, 0.1) is 0 Å². The van der Waals surface area contributed by atoms with Crippen molar-refractivity contribution in [3.8, 4) is 0 Å². The lowest BCUT2D eigenvalue weighted by atomic mass is 10.3. The summed E-state index contributed by atoms with van der Waals surface area (Å²) < 4.78 is 2.32. The van der Waals surface area contributed by atoms with E-state index in [0.717, 1.165) is 22.5 Å². The minimum atomic E-state index is 1.06. The molecular weight excluding hydrogens is 284 g/mol. The first kappa shape index (κ1) is 12.0. The van der Waals surface area contributed by atoms with Gasteiger partial charge in [0.05, 0.1) is 11.0 Å². The summed E-state index contributed by atoms with van der Waals surface area (Å²) in [5.41, 5.74) is 2.35. The predicted octanol–water partition coefficient (Wildman–Crippen LogP) is 3.93. The van der Waals surface area contributed by atoms with E-state index in [0.29, 0.717) is 0 Å². The summed E-state index contributed by atoms with van der Waals surface area (Å²) >= 11 is 5.19. The fraction of sp³-hybridized carbons (Fsp3) is 0.417. The van der Waals surface area contributed by atoms with Gasteiger partial charge in [-0.05, 0) is 31.2 Å². The van der Waals surface area contributed by atoms with Crippen molar-refractivity contribution in [1.82, 2.24) is 9.55 Å². The normalized spacial score (nSPS) is 11.1. The van der Waals surface area contributed by atoms with E-state index in [1.165, 1.54) is 18.4 Å². The van der Waals surface area contributed by atoms with Gasteiger partial charge in [0.15, 0.2) is 5.16 Å². The molecule has 0 N–H and O–H groups in total. The van der Waals surface area contributed by atoms with Crippen molar-refractivity contribution in [2.75, 3.05) is 11.6 Å². The Balaban J connectivity index is 2.32. The van der Waals surface area contributed by atoms with Crippen molar-refractivity contribution >= 4 is 38.7 Å². The number of aromatic nitrogens is 2. The smallest absolute Gasteiger partial charge is 0.168 e. The summed E-state index contributed by atoms with van der Waals surface area (Å²) in [5.74, 6) is 0. The Morgan fingerprint density at radius 2 is 2.12 bits per heavy atom. The number of rotatable bonds is 5. The Morgan fingerprint density at radius 3 is 2.88 bits per heavy atom. The van der Waals surface area contributed by atoms with Crippen molar-refractivity contribution in [3.63, 3.8) is 0 Å². The first-order valence-corrected chi connectivity index (χ1v) is 7.76. The lowest BCUT2D eigenvalue weighted by Crippen LogP contribution is -1.99. The highest BCUT2D eigenvalue weighted by Gasteiger charge is 2.08. The van der Waals surface area contributed by atoms with Gasteiger partial charge in [-0.2, -0.15) is 0 Å². The second-order valence-electron chi connectivity index (χ2n) is 3.63. The number of halogens is 1. The largest absolute Gasteiger partial charge is 0.319 e. The molecule has 0 aliphatic rings. The molecule has 0 amide bonds. The second kappa shape index (κ2) is 5.73. The molecule has 0 radical (unpaired) electrons. The van der Waals surface area contributed by atoms with Crippen molar-refractivity contribution < 1.29 is 0 Å². The Kier molecular flexibility index (Phi) is 4.29. The van der Waals surface area contributed by atoms with Crippen LogP contribution in [0.1, 0.15) is 12.8 Å². The van der Waals surface area contributed by atoms with Crippen LogP contribution in [0.25, 0.3) is 11.0 Å². The van der Waals surface area contributed by atoms with Gasteiger partial charge < -0.3 is 4.57 Å². The van der Waals surface area contributed by atoms with E-state index in [9.17, 15) is 0 Å². The highest BCUT2D eigenvalue weighted by Crippen LogP contribution is 2.22. The van der Waals surface area contributed by atoms with Crippen LogP contribution in [-0.2, 0) is 6.54 Å². The maximum atomic E-state index is 4.62. The molecule has 2 aromatic rings. The summed E-state index contributed by atoms with van der Waals surface area (Å²) in [4.78, 5) is 4.62. The molecule has 1 aromatic heterocycles. The van der Waals surface area contributed by atoms with E-state index in [2.05, 4.69) is 49.9 Å². The van der Waals surface area contributed by atoms with Crippen LogP contribution in [-0.4, -0.2) is 21.1 Å². The van der Waals surface area contributed by atoms with E-state index in [1.807, 2.05) is 6.07 Å². The minimum Gasteiger partial charge on any atom is -0.319 e. The highest BCUT2D eigenvalue weighted by molar-refractivity contribution is 9.09. The molecule has 16 heavy (non-hydrogen) atoms. The van der Waals surface area contributed by atoms with Crippen LogP contribution in [0.15, 0.2) is 29.4 Å². The fourth-order valence-electron chi connectivity index (χ4n) is 1.79. The zero-order valence-corrected chi connectivity index (χ0v) is 11.7. The topological polar surface area (TPSA) is 17.8 Å². The molecule has 0 saturated heterocycles. The molecular formula is C12H15BrN2S. The fourth-order valence-corrected chi connectivity index (χ4v) is 2.79. The van der Waals surface area contributed by atoms with Crippen LogP contribution in [0.5, 0.6) is 0 Å². The Bertz CT molecular complexity index is 467. The second-order valence-corrected chi connectivity index (χ2v) is 5.20. The molecule has 0 spiro atoms. The van der Waals surface area contributed by atoms with Gasteiger partial charge >= 0.3 is 0 Å². The lowest BCUT2D eigenvalue weighted by molar-refractivity contribution is 0.605. The molecule has 2 rings (SSSR count). The number of imidazole rings is 1. The van der Waals surface area contributed by atoms with E-state index in [4.69, 9.17) is 0 Å². The third kappa shape index (κ3) is 2.43. The quantitative estimate of drug-likeness (QED) is 0.473. The van der Waals surface area contributed by atoms with E-state index in [1.54, 1.807) is 11.8 Å². The van der Waals surface area contributed by atoms with Crippen molar-refractivity contribution in [2.45, 2.75) is 24.5 Å². The van der Waals surface area contributed by atoms with Gasteiger partial charge in [-0.15, -0.1) is 0 Å². The monoisotopic (exact) mass is 298 g/mol. The van der Waals surface area contributed by atoms with Crippen LogP contribution in [0.2, 0.25) is 0 Å². The SMILES string of the molecule is CSc1nc2ccccc2n1CCCCBr. The number of fused-ring (bicyclic) bond motifs is 1. The molecule has 0 atom stereocenters. The first-order valence-electron chi connectivity index (χ1n) is 5.42. The highest BCUT2D eigenvalue weighted by atomic mass is 79.9. The van der Waals surface area contributed by atoms with Crippen LogP contribution in [0.3, 0.4) is 0 Å². The molecule has 86 valence electrons. The number of hydrogen-bond acceptors (Lipinski definition) is 2. The van der Waals surface area contributed by atoms with Crippen LogP contribution in [0.4, 0.5) is 0 Å².